The third-order valence-corrected chi connectivity index (χ3v) is 3.09. The lowest BCUT2D eigenvalue weighted by atomic mass is 9.99. The first-order valence-corrected chi connectivity index (χ1v) is 6.01. The van der Waals surface area contributed by atoms with Crippen molar-refractivity contribution in [1.82, 2.24) is 15.5 Å². The molecule has 3 rings (SSSR count). The monoisotopic (exact) mass is 253 g/mol. The van der Waals surface area contributed by atoms with E-state index < -0.39 is 0 Å². The van der Waals surface area contributed by atoms with Crippen molar-refractivity contribution in [1.29, 1.82) is 0 Å². The molecule has 0 amide bonds. The molecule has 0 aliphatic carbocycles. The minimum atomic E-state index is 0.319. The van der Waals surface area contributed by atoms with Crippen molar-refractivity contribution in [2.75, 3.05) is 13.1 Å². The highest BCUT2D eigenvalue weighted by Gasteiger charge is 2.22. The predicted molar refractivity (Wildman–Crippen MR) is 61.9 cm³/mol. The number of piperidine rings is 1. The number of halogens is 1. The van der Waals surface area contributed by atoms with Crippen LogP contribution in [0.2, 0.25) is 5.22 Å². The Balaban J connectivity index is 1.82. The van der Waals surface area contributed by atoms with Crippen LogP contribution in [0.3, 0.4) is 0 Å². The first-order valence-electron chi connectivity index (χ1n) is 5.63. The molecule has 90 valence electrons. The molecule has 1 aliphatic rings. The Morgan fingerprint density at radius 2 is 2.35 bits per heavy atom. The molecule has 17 heavy (non-hydrogen) atoms. The molecular formula is C11H12ClN3O2. The van der Waals surface area contributed by atoms with Crippen LogP contribution in [0.15, 0.2) is 21.1 Å². The molecule has 3 heterocycles. The molecule has 0 radical (unpaired) electrons. The van der Waals surface area contributed by atoms with E-state index in [1.807, 2.05) is 0 Å². The Morgan fingerprint density at radius 1 is 1.41 bits per heavy atom. The summed E-state index contributed by atoms with van der Waals surface area (Å²) in [5.41, 5.74) is 0. The Hall–Kier alpha value is -1.33. The van der Waals surface area contributed by atoms with Gasteiger partial charge in [0.15, 0.2) is 16.8 Å². The summed E-state index contributed by atoms with van der Waals surface area (Å²) in [5.74, 6) is 1.96. The summed E-state index contributed by atoms with van der Waals surface area (Å²) in [6.45, 7) is 1.97. The van der Waals surface area contributed by atoms with Gasteiger partial charge in [0.2, 0.25) is 0 Å². The summed E-state index contributed by atoms with van der Waals surface area (Å²) < 4.78 is 10.4. The molecule has 1 aliphatic heterocycles. The second kappa shape index (κ2) is 4.50. The maximum atomic E-state index is 5.70. The average Bonchev–Trinajstić information content (AvgIpc) is 2.98. The first kappa shape index (κ1) is 10.8. The van der Waals surface area contributed by atoms with Crippen molar-refractivity contribution in [3.05, 3.63) is 23.2 Å². The van der Waals surface area contributed by atoms with E-state index in [0.29, 0.717) is 22.8 Å². The van der Waals surface area contributed by atoms with Crippen LogP contribution in [0.4, 0.5) is 0 Å². The molecule has 2 aromatic heterocycles. The summed E-state index contributed by atoms with van der Waals surface area (Å²) >= 11 is 5.70. The van der Waals surface area contributed by atoms with Crippen LogP contribution >= 0.6 is 11.6 Å². The van der Waals surface area contributed by atoms with Gasteiger partial charge < -0.3 is 14.3 Å². The first-order chi connectivity index (χ1) is 8.33. The van der Waals surface area contributed by atoms with E-state index in [4.69, 9.17) is 20.5 Å². The van der Waals surface area contributed by atoms with Crippen molar-refractivity contribution >= 4 is 11.6 Å². The van der Waals surface area contributed by atoms with Crippen LogP contribution in [0.1, 0.15) is 24.6 Å². The minimum Gasteiger partial charge on any atom is -0.440 e. The normalized spacial score (nSPS) is 20.6. The third-order valence-electron chi connectivity index (χ3n) is 2.89. The van der Waals surface area contributed by atoms with E-state index in [1.165, 1.54) is 0 Å². The van der Waals surface area contributed by atoms with Gasteiger partial charge in [0.25, 0.3) is 5.89 Å². The number of rotatable bonds is 2. The fraction of sp³-hybridized carbons (Fsp3) is 0.455. The summed E-state index contributed by atoms with van der Waals surface area (Å²) in [7, 11) is 0. The topological polar surface area (TPSA) is 64.1 Å². The van der Waals surface area contributed by atoms with Crippen LogP contribution in [0, 0.1) is 0 Å². The minimum absolute atomic E-state index is 0.319. The number of aromatic nitrogens is 2. The Labute approximate surface area is 103 Å². The molecule has 6 heteroatoms. The molecular weight excluding hydrogens is 242 g/mol. The summed E-state index contributed by atoms with van der Waals surface area (Å²) in [6.07, 6.45) is 2.23. The third kappa shape index (κ3) is 2.21. The maximum Gasteiger partial charge on any atom is 0.293 e. The molecule has 0 aromatic carbocycles. The Bertz CT molecular complexity index is 502. The molecule has 2 aromatic rings. The molecule has 1 unspecified atom stereocenters. The molecule has 0 saturated carbocycles. The lowest BCUT2D eigenvalue weighted by Crippen LogP contribution is -2.28. The summed E-state index contributed by atoms with van der Waals surface area (Å²) in [5, 5.41) is 7.64. The Kier molecular flexibility index (Phi) is 2.86. The van der Waals surface area contributed by atoms with Gasteiger partial charge in [-0.15, -0.1) is 0 Å². The molecule has 0 bridgehead atoms. The van der Waals surface area contributed by atoms with Crippen LogP contribution in [-0.4, -0.2) is 23.2 Å². The number of furan rings is 1. The maximum absolute atomic E-state index is 5.70. The highest BCUT2D eigenvalue weighted by Crippen LogP contribution is 2.26. The second-order valence-electron chi connectivity index (χ2n) is 4.10. The zero-order valence-electron chi connectivity index (χ0n) is 9.15. The Morgan fingerprint density at radius 3 is 3.06 bits per heavy atom. The van der Waals surface area contributed by atoms with E-state index in [9.17, 15) is 0 Å². The van der Waals surface area contributed by atoms with E-state index >= 15 is 0 Å². The van der Waals surface area contributed by atoms with Crippen LogP contribution in [-0.2, 0) is 0 Å². The molecule has 1 fully saturated rings. The van der Waals surface area contributed by atoms with Gasteiger partial charge in [-0.25, -0.2) is 0 Å². The van der Waals surface area contributed by atoms with Crippen LogP contribution in [0.5, 0.6) is 0 Å². The quantitative estimate of drug-likeness (QED) is 0.891. The number of hydrogen-bond donors (Lipinski definition) is 1. The average molecular weight is 254 g/mol. The van der Waals surface area contributed by atoms with Gasteiger partial charge in [-0.05, 0) is 43.1 Å². The molecule has 1 atom stereocenters. The fourth-order valence-electron chi connectivity index (χ4n) is 2.00. The van der Waals surface area contributed by atoms with Gasteiger partial charge in [0, 0.05) is 12.5 Å². The lowest BCUT2D eigenvalue weighted by molar-refractivity contribution is 0.387. The van der Waals surface area contributed by atoms with Crippen molar-refractivity contribution < 1.29 is 8.94 Å². The smallest absolute Gasteiger partial charge is 0.293 e. The van der Waals surface area contributed by atoms with E-state index in [0.717, 1.165) is 31.8 Å². The summed E-state index contributed by atoms with van der Waals surface area (Å²) in [6, 6.07) is 3.38. The number of nitrogens with zero attached hydrogens (tertiary/aromatic N) is 2. The largest absolute Gasteiger partial charge is 0.440 e. The molecule has 1 saturated heterocycles. The standard InChI is InChI=1S/C11H12ClN3O2/c12-9-4-3-8(16-9)11-14-10(15-17-11)7-2-1-5-13-6-7/h3-4,7,13H,1-2,5-6H2. The van der Waals surface area contributed by atoms with Crippen LogP contribution < -0.4 is 5.32 Å². The fourth-order valence-corrected chi connectivity index (χ4v) is 2.15. The highest BCUT2D eigenvalue weighted by atomic mass is 35.5. The van der Waals surface area contributed by atoms with Crippen molar-refractivity contribution in [2.24, 2.45) is 0 Å². The molecule has 0 spiro atoms. The van der Waals surface area contributed by atoms with E-state index in [2.05, 4.69) is 15.5 Å². The second-order valence-corrected chi connectivity index (χ2v) is 4.48. The highest BCUT2D eigenvalue weighted by molar-refractivity contribution is 6.28. The zero-order valence-corrected chi connectivity index (χ0v) is 9.91. The molecule has 5 nitrogen and oxygen atoms in total. The van der Waals surface area contributed by atoms with Crippen molar-refractivity contribution in [2.45, 2.75) is 18.8 Å². The molecule has 1 N–H and O–H groups in total. The van der Waals surface area contributed by atoms with Gasteiger partial charge in [-0.2, -0.15) is 4.98 Å². The van der Waals surface area contributed by atoms with Gasteiger partial charge in [0.1, 0.15) is 0 Å². The number of nitrogens with one attached hydrogen (secondary N) is 1. The van der Waals surface area contributed by atoms with Gasteiger partial charge in [0.05, 0.1) is 0 Å². The van der Waals surface area contributed by atoms with Gasteiger partial charge in [-0.3, -0.25) is 0 Å². The predicted octanol–water partition coefficient (Wildman–Crippen LogP) is 2.45. The van der Waals surface area contributed by atoms with Crippen LogP contribution in [0.25, 0.3) is 11.7 Å². The van der Waals surface area contributed by atoms with E-state index in [1.54, 1.807) is 12.1 Å². The van der Waals surface area contributed by atoms with Gasteiger partial charge >= 0.3 is 0 Å². The summed E-state index contributed by atoms with van der Waals surface area (Å²) in [4.78, 5) is 4.35. The van der Waals surface area contributed by atoms with Crippen molar-refractivity contribution in [3.63, 3.8) is 0 Å². The van der Waals surface area contributed by atoms with Crippen molar-refractivity contribution in [3.8, 4) is 11.7 Å². The van der Waals surface area contributed by atoms with E-state index in [-0.39, 0.29) is 0 Å². The van der Waals surface area contributed by atoms with Gasteiger partial charge in [-0.1, -0.05) is 5.16 Å². The zero-order chi connectivity index (χ0) is 11.7. The number of hydrogen-bond acceptors (Lipinski definition) is 5. The lowest BCUT2D eigenvalue weighted by Gasteiger charge is -2.19. The SMILES string of the molecule is Clc1ccc(-c2nc(C3CCCNC3)no2)o1.